The van der Waals surface area contributed by atoms with E-state index in [1.165, 1.54) is 6.07 Å². The lowest BCUT2D eigenvalue weighted by atomic mass is 10.1. The van der Waals surface area contributed by atoms with Gasteiger partial charge in [-0.05, 0) is 41.5 Å². The number of unbranched alkanes of at least 4 members (excludes halogenated alkanes) is 1. The first-order valence-electron chi connectivity index (χ1n) is 6.58. The zero-order valence-electron chi connectivity index (χ0n) is 11.3. The molecule has 4 heteroatoms. The van der Waals surface area contributed by atoms with Crippen molar-refractivity contribution in [3.8, 4) is 5.75 Å². The summed E-state index contributed by atoms with van der Waals surface area (Å²) in [6.45, 7) is 2.02. The highest BCUT2D eigenvalue weighted by molar-refractivity contribution is 5.94. The van der Waals surface area contributed by atoms with Crippen molar-refractivity contribution in [3.63, 3.8) is 0 Å². The Bertz CT molecular complexity index is 646. The normalized spacial score (nSPS) is 10.4. The highest BCUT2D eigenvalue weighted by atomic mass is 16.5. The second kappa shape index (κ2) is 6.19. The van der Waals surface area contributed by atoms with Crippen LogP contribution in [0.1, 0.15) is 36.5 Å². The topological polar surface area (TPSA) is 63.6 Å². The molecule has 0 saturated heterocycles. The van der Waals surface area contributed by atoms with E-state index in [0.29, 0.717) is 12.2 Å². The lowest BCUT2D eigenvalue weighted by Crippen LogP contribution is -2.07. The maximum atomic E-state index is 11.6. The van der Waals surface area contributed by atoms with Crippen molar-refractivity contribution >= 4 is 22.7 Å². The zero-order chi connectivity index (χ0) is 14.5. The molecule has 0 fully saturated rings. The SMILES string of the molecule is CCCCC(=O)Oc1ccc2cc(C(=O)O)ccc2c1. The number of hydrogen-bond acceptors (Lipinski definition) is 3. The second-order valence-corrected chi connectivity index (χ2v) is 4.61. The molecule has 0 amide bonds. The molecule has 2 rings (SSSR count). The van der Waals surface area contributed by atoms with Crippen LogP contribution in [-0.2, 0) is 4.79 Å². The third kappa shape index (κ3) is 3.35. The molecule has 0 aliphatic heterocycles. The van der Waals surface area contributed by atoms with Gasteiger partial charge in [0.2, 0.25) is 0 Å². The van der Waals surface area contributed by atoms with Gasteiger partial charge in [-0.3, -0.25) is 4.79 Å². The van der Waals surface area contributed by atoms with Crippen LogP contribution in [0.3, 0.4) is 0 Å². The average Bonchev–Trinajstić information content (AvgIpc) is 2.44. The monoisotopic (exact) mass is 272 g/mol. The Kier molecular flexibility index (Phi) is 4.35. The fourth-order valence-electron chi connectivity index (χ4n) is 1.92. The van der Waals surface area contributed by atoms with Crippen molar-refractivity contribution in [2.45, 2.75) is 26.2 Å². The van der Waals surface area contributed by atoms with Crippen LogP contribution in [-0.4, -0.2) is 17.0 Å². The van der Waals surface area contributed by atoms with E-state index in [4.69, 9.17) is 9.84 Å². The molecule has 0 heterocycles. The van der Waals surface area contributed by atoms with E-state index in [1.54, 1.807) is 30.3 Å². The van der Waals surface area contributed by atoms with Gasteiger partial charge in [-0.2, -0.15) is 0 Å². The number of hydrogen-bond donors (Lipinski definition) is 1. The van der Waals surface area contributed by atoms with Crippen LogP contribution >= 0.6 is 0 Å². The molecule has 2 aromatic carbocycles. The summed E-state index contributed by atoms with van der Waals surface area (Å²) < 4.78 is 5.25. The van der Waals surface area contributed by atoms with Crippen LogP contribution < -0.4 is 4.74 Å². The zero-order valence-corrected chi connectivity index (χ0v) is 11.3. The summed E-state index contributed by atoms with van der Waals surface area (Å²) in [6.07, 6.45) is 2.17. The molecule has 104 valence electrons. The minimum atomic E-state index is -0.957. The molecule has 0 atom stereocenters. The summed E-state index contributed by atoms with van der Waals surface area (Å²) in [5, 5.41) is 10.6. The van der Waals surface area contributed by atoms with Crippen molar-refractivity contribution in [2.75, 3.05) is 0 Å². The summed E-state index contributed by atoms with van der Waals surface area (Å²) in [7, 11) is 0. The molecule has 0 aliphatic rings. The summed E-state index contributed by atoms with van der Waals surface area (Å²) in [5.74, 6) is -0.711. The highest BCUT2D eigenvalue weighted by Gasteiger charge is 2.07. The second-order valence-electron chi connectivity index (χ2n) is 4.61. The van der Waals surface area contributed by atoms with Gasteiger partial charge in [-0.1, -0.05) is 25.5 Å². The van der Waals surface area contributed by atoms with Crippen LogP contribution in [0.5, 0.6) is 5.75 Å². The summed E-state index contributed by atoms with van der Waals surface area (Å²) in [6, 6.07) is 10.0. The van der Waals surface area contributed by atoms with Crippen molar-refractivity contribution in [3.05, 3.63) is 42.0 Å². The Morgan fingerprint density at radius 3 is 2.50 bits per heavy atom. The molecule has 0 aliphatic carbocycles. The number of carboxylic acids is 1. The molecular formula is C16H16O4. The Hall–Kier alpha value is -2.36. The first-order chi connectivity index (χ1) is 9.60. The van der Waals surface area contributed by atoms with Gasteiger partial charge in [-0.15, -0.1) is 0 Å². The van der Waals surface area contributed by atoms with Gasteiger partial charge in [0.25, 0.3) is 0 Å². The van der Waals surface area contributed by atoms with Crippen LogP contribution in [0.15, 0.2) is 36.4 Å². The molecular weight excluding hydrogens is 256 g/mol. The quantitative estimate of drug-likeness (QED) is 0.666. The van der Waals surface area contributed by atoms with Gasteiger partial charge in [0.15, 0.2) is 0 Å². The summed E-state index contributed by atoms with van der Waals surface area (Å²) >= 11 is 0. The molecule has 0 radical (unpaired) electrons. The van der Waals surface area contributed by atoms with Gasteiger partial charge in [0, 0.05) is 6.42 Å². The maximum Gasteiger partial charge on any atom is 0.335 e. The smallest absolute Gasteiger partial charge is 0.335 e. The Labute approximate surface area is 117 Å². The standard InChI is InChI=1S/C16H16O4/c1-2-3-4-15(17)20-14-8-7-11-9-13(16(18)19)6-5-12(11)10-14/h5-10H,2-4H2,1H3,(H,18,19). The van der Waals surface area contributed by atoms with E-state index in [2.05, 4.69) is 0 Å². The summed E-state index contributed by atoms with van der Waals surface area (Å²) in [4.78, 5) is 22.4. The Balaban J connectivity index is 2.19. The van der Waals surface area contributed by atoms with E-state index >= 15 is 0 Å². The molecule has 20 heavy (non-hydrogen) atoms. The third-order valence-corrected chi connectivity index (χ3v) is 3.02. The molecule has 1 N–H and O–H groups in total. The maximum absolute atomic E-state index is 11.6. The molecule has 0 unspecified atom stereocenters. The first-order valence-corrected chi connectivity index (χ1v) is 6.58. The molecule has 0 spiro atoms. The molecule has 0 aromatic heterocycles. The van der Waals surface area contributed by atoms with Crippen LogP contribution in [0, 0.1) is 0 Å². The van der Waals surface area contributed by atoms with E-state index < -0.39 is 5.97 Å². The van der Waals surface area contributed by atoms with Crippen LogP contribution in [0.4, 0.5) is 0 Å². The first kappa shape index (κ1) is 14.1. The van der Waals surface area contributed by atoms with Gasteiger partial charge in [0.1, 0.15) is 5.75 Å². The molecule has 0 bridgehead atoms. The fraction of sp³-hybridized carbons (Fsp3) is 0.250. The van der Waals surface area contributed by atoms with Crippen LogP contribution in [0.2, 0.25) is 0 Å². The Morgan fingerprint density at radius 2 is 1.80 bits per heavy atom. The van der Waals surface area contributed by atoms with Crippen LogP contribution in [0.25, 0.3) is 10.8 Å². The number of carbonyl (C=O) groups is 2. The van der Waals surface area contributed by atoms with E-state index in [0.717, 1.165) is 23.6 Å². The predicted octanol–water partition coefficient (Wildman–Crippen LogP) is 3.63. The van der Waals surface area contributed by atoms with Gasteiger partial charge in [0.05, 0.1) is 5.56 Å². The van der Waals surface area contributed by atoms with Gasteiger partial charge in [-0.25, -0.2) is 4.79 Å². The molecule has 4 nitrogen and oxygen atoms in total. The number of aromatic carboxylic acids is 1. The number of benzene rings is 2. The van der Waals surface area contributed by atoms with E-state index in [1.807, 2.05) is 6.92 Å². The highest BCUT2D eigenvalue weighted by Crippen LogP contribution is 2.22. The fourth-order valence-corrected chi connectivity index (χ4v) is 1.92. The third-order valence-electron chi connectivity index (χ3n) is 3.02. The predicted molar refractivity (Wildman–Crippen MR) is 76.1 cm³/mol. The van der Waals surface area contributed by atoms with Crippen molar-refractivity contribution in [2.24, 2.45) is 0 Å². The minimum Gasteiger partial charge on any atom is -0.478 e. The van der Waals surface area contributed by atoms with Gasteiger partial charge >= 0.3 is 11.9 Å². The summed E-state index contributed by atoms with van der Waals surface area (Å²) in [5.41, 5.74) is 0.241. The number of esters is 1. The van der Waals surface area contributed by atoms with Gasteiger partial charge < -0.3 is 9.84 Å². The van der Waals surface area contributed by atoms with E-state index in [-0.39, 0.29) is 11.5 Å². The lowest BCUT2D eigenvalue weighted by molar-refractivity contribution is -0.134. The number of ether oxygens (including phenoxy) is 1. The number of rotatable bonds is 5. The largest absolute Gasteiger partial charge is 0.478 e. The lowest BCUT2D eigenvalue weighted by Gasteiger charge is -2.06. The molecule has 0 saturated carbocycles. The van der Waals surface area contributed by atoms with Crippen molar-refractivity contribution < 1.29 is 19.4 Å². The van der Waals surface area contributed by atoms with Crippen molar-refractivity contribution in [1.29, 1.82) is 0 Å². The van der Waals surface area contributed by atoms with Crippen molar-refractivity contribution in [1.82, 2.24) is 0 Å². The number of carboxylic acid groups (broad SMARTS) is 1. The Morgan fingerprint density at radius 1 is 1.10 bits per heavy atom. The average molecular weight is 272 g/mol. The number of fused-ring (bicyclic) bond motifs is 1. The van der Waals surface area contributed by atoms with E-state index in [9.17, 15) is 9.59 Å². The minimum absolute atomic E-state index is 0.241. The number of carbonyl (C=O) groups excluding carboxylic acids is 1. The molecule has 2 aromatic rings.